The van der Waals surface area contributed by atoms with Crippen LogP contribution in [-0.2, 0) is 11.3 Å². The first-order valence-electron chi connectivity index (χ1n) is 8.19. The van der Waals surface area contributed by atoms with Crippen molar-refractivity contribution in [1.82, 2.24) is 10.6 Å². The van der Waals surface area contributed by atoms with Gasteiger partial charge in [0.2, 0.25) is 5.91 Å². The van der Waals surface area contributed by atoms with Crippen molar-refractivity contribution in [3.05, 3.63) is 29.8 Å². The second kappa shape index (κ2) is 7.25. The summed E-state index contributed by atoms with van der Waals surface area (Å²) < 4.78 is 28.5. The third-order valence-corrected chi connectivity index (χ3v) is 4.79. The van der Waals surface area contributed by atoms with E-state index in [0.29, 0.717) is 18.5 Å². The lowest BCUT2D eigenvalue weighted by Crippen LogP contribution is -2.42. The van der Waals surface area contributed by atoms with Gasteiger partial charge in [-0.25, -0.2) is 0 Å². The number of ether oxygens (including phenoxy) is 1. The second-order valence-corrected chi connectivity index (χ2v) is 6.35. The van der Waals surface area contributed by atoms with Gasteiger partial charge in [0.15, 0.2) is 0 Å². The highest BCUT2D eigenvalue weighted by Gasteiger charge is 2.37. The lowest BCUT2D eigenvalue weighted by atomic mass is 9.85. The Kier molecular flexibility index (Phi) is 5.10. The van der Waals surface area contributed by atoms with Gasteiger partial charge in [0, 0.05) is 12.6 Å². The average molecular weight is 324 g/mol. The van der Waals surface area contributed by atoms with Crippen molar-refractivity contribution < 1.29 is 18.3 Å². The molecule has 1 aliphatic carbocycles. The summed E-state index contributed by atoms with van der Waals surface area (Å²) in [5, 5.41) is 6.36. The molecule has 6 heteroatoms. The second-order valence-electron chi connectivity index (χ2n) is 6.35. The number of nitrogens with one attached hydrogen (secondary N) is 2. The summed E-state index contributed by atoms with van der Waals surface area (Å²) in [5.74, 6) is 0.772. The largest absolute Gasteiger partial charge is 0.435 e. The standard InChI is InChI=1S/C17H22F2N2O2/c18-17(19)23-13-7-5-11(6-8-13)10-20-16(22)15-9-12-3-1-2-4-14(12)21-15/h5-8,12,14-15,17,21H,1-4,9-10H2,(H,20,22). The Morgan fingerprint density at radius 1 is 1.26 bits per heavy atom. The van der Waals surface area contributed by atoms with E-state index < -0.39 is 6.61 Å². The fourth-order valence-electron chi connectivity index (χ4n) is 3.62. The van der Waals surface area contributed by atoms with Gasteiger partial charge in [-0.1, -0.05) is 25.0 Å². The minimum absolute atomic E-state index is 0.0207. The molecule has 1 heterocycles. The van der Waals surface area contributed by atoms with Gasteiger partial charge in [0.1, 0.15) is 5.75 Å². The zero-order valence-electron chi connectivity index (χ0n) is 12.9. The molecule has 3 atom stereocenters. The maximum absolute atomic E-state index is 12.3. The van der Waals surface area contributed by atoms with Crippen LogP contribution < -0.4 is 15.4 Å². The summed E-state index contributed by atoms with van der Waals surface area (Å²) in [4.78, 5) is 12.3. The molecule has 0 radical (unpaired) electrons. The Morgan fingerprint density at radius 2 is 2.00 bits per heavy atom. The molecule has 2 fully saturated rings. The zero-order chi connectivity index (χ0) is 16.2. The van der Waals surface area contributed by atoms with Gasteiger partial charge in [-0.3, -0.25) is 4.79 Å². The molecule has 1 saturated carbocycles. The lowest BCUT2D eigenvalue weighted by Gasteiger charge is -2.24. The van der Waals surface area contributed by atoms with Crippen molar-refractivity contribution >= 4 is 5.91 Å². The molecule has 3 unspecified atom stereocenters. The maximum Gasteiger partial charge on any atom is 0.387 e. The number of carbonyl (C=O) groups is 1. The van der Waals surface area contributed by atoms with Crippen molar-refractivity contribution in [2.45, 2.75) is 57.3 Å². The Labute approximate surface area is 134 Å². The highest BCUT2D eigenvalue weighted by atomic mass is 19.3. The molecule has 1 aromatic carbocycles. The molecular formula is C17H22F2N2O2. The third-order valence-electron chi connectivity index (χ3n) is 4.79. The monoisotopic (exact) mass is 324 g/mol. The van der Waals surface area contributed by atoms with Crippen LogP contribution in [0.2, 0.25) is 0 Å². The number of benzene rings is 1. The molecule has 1 amide bonds. The molecule has 2 N–H and O–H groups in total. The van der Waals surface area contributed by atoms with Crippen molar-refractivity contribution in [3.63, 3.8) is 0 Å². The number of amides is 1. The number of hydrogen-bond acceptors (Lipinski definition) is 3. The minimum Gasteiger partial charge on any atom is -0.435 e. The van der Waals surface area contributed by atoms with Crippen molar-refractivity contribution in [2.24, 2.45) is 5.92 Å². The first-order valence-corrected chi connectivity index (χ1v) is 8.19. The van der Waals surface area contributed by atoms with Crippen LogP contribution in [0.25, 0.3) is 0 Å². The summed E-state index contributed by atoms with van der Waals surface area (Å²) in [6, 6.07) is 6.71. The van der Waals surface area contributed by atoms with Crippen LogP contribution in [0.4, 0.5) is 8.78 Å². The predicted octanol–water partition coefficient (Wildman–Crippen LogP) is 2.82. The van der Waals surface area contributed by atoms with Gasteiger partial charge in [-0.05, 0) is 42.9 Å². The molecule has 1 aromatic rings. The summed E-state index contributed by atoms with van der Waals surface area (Å²) in [7, 11) is 0. The first kappa shape index (κ1) is 16.2. The SMILES string of the molecule is O=C(NCc1ccc(OC(F)F)cc1)C1CC2CCCCC2N1. The maximum atomic E-state index is 12.3. The van der Waals surface area contributed by atoms with Crippen LogP contribution in [-0.4, -0.2) is 24.6 Å². The van der Waals surface area contributed by atoms with E-state index in [0.717, 1.165) is 12.0 Å². The van der Waals surface area contributed by atoms with E-state index in [9.17, 15) is 13.6 Å². The molecule has 23 heavy (non-hydrogen) atoms. The van der Waals surface area contributed by atoms with Crippen molar-refractivity contribution in [3.8, 4) is 5.75 Å². The number of carbonyl (C=O) groups excluding carboxylic acids is 1. The highest BCUT2D eigenvalue weighted by molar-refractivity contribution is 5.82. The van der Waals surface area contributed by atoms with Crippen LogP contribution in [0.1, 0.15) is 37.7 Å². The van der Waals surface area contributed by atoms with E-state index in [1.165, 1.54) is 37.8 Å². The number of rotatable bonds is 5. The van der Waals surface area contributed by atoms with Crippen molar-refractivity contribution in [1.29, 1.82) is 0 Å². The smallest absolute Gasteiger partial charge is 0.387 e. The molecular weight excluding hydrogens is 302 g/mol. The fraction of sp³-hybridized carbons (Fsp3) is 0.588. The zero-order valence-corrected chi connectivity index (χ0v) is 12.9. The number of hydrogen-bond donors (Lipinski definition) is 2. The molecule has 2 aliphatic rings. The van der Waals surface area contributed by atoms with E-state index in [1.807, 2.05) is 0 Å². The number of halogens is 2. The Hall–Kier alpha value is -1.69. The minimum atomic E-state index is -2.82. The Morgan fingerprint density at radius 3 is 2.70 bits per heavy atom. The highest BCUT2D eigenvalue weighted by Crippen LogP contribution is 2.33. The normalized spacial score (nSPS) is 26.8. The quantitative estimate of drug-likeness (QED) is 0.876. The first-order chi connectivity index (χ1) is 11.1. The van der Waals surface area contributed by atoms with Gasteiger partial charge in [-0.15, -0.1) is 0 Å². The van der Waals surface area contributed by atoms with Gasteiger partial charge in [0.25, 0.3) is 0 Å². The molecule has 4 nitrogen and oxygen atoms in total. The van der Waals surface area contributed by atoms with Crippen molar-refractivity contribution in [2.75, 3.05) is 0 Å². The van der Waals surface area contributed by atoms with Gasteiger partial charge in [-0.2, -0.15) is 8.78 Å². The van der Waals surface area contributed by atoms with Crippen LogP contribution in [0.3, 0.4) is 0 Å². The van der Waals surface area contributed by atoms with Gasteiger partial charge in [0.05, 0.1) is 6.04 Å². The van der Waals surface area contributed by atoms with Gasteiger partial charge >= 0.3 is 6.61 Å². The Bertz CT molecular complexity index is 522. The Balaban J connectivity index is 1.47. The number of fused-ring (bicyclic) bond motifs is 1. The van der Waals surface area contributed by atoms with Crippen LogP contribution in [0, 0.1) is 5.92 Å². The molecule has 1 saturated heterocycles. The summed E-state index contributed by atoms with van der Waals surface area (Å²) in [5.41, 5.74) is 0.857. The van der Waals surface area contributed by atoms with Crippen LogP contribution in [0.5, 0.6) is 5.75 Å². The molecule has 0 spiro atoms. The van der Waals surface area contributed by atoms with E-state index >= 15 is 0 Å². The molecule has 0 aromatic heterocycles. The summed E-state index contributed by atoms with van der Waals surface area (Å²) >= 11 is 0. The van der Waals surface area contributed by atoms with Crippen LogP contribution in [0.15, 0.2) is 24.3 Å². The summed E-state index contributed by atoms with van der Waals surface area (Å²) in [6.07, 6.45) is 5.81. The molecule has 0 bridgehead atoms. The van der Waals surface area contributed by atoms with E-state index in [-0.39, 0.29) is 17.7 Å². The fourth-order valence-corrected chi connectivity index (χ4v) is 3.62. The molecule has 3 rings (SSSR count). The van der Waals surface area contributed by atoms with E-state index in [2.05, 4.69) is 15.4 Å². The topological polar surface area (TPSA) is 50.4 Å². The van der Waals surface area contributed by atoms with E-state index in [4.69, 9.17) is 0 Å². The third kappa shape index (κ3) is 4.19. The predicted molar refractivity (Wildman–Crippen MR) is 82.2 cm³/mol. The summed E-state index contributed by atoms with van der Waals surface area (Å²) in [6.45, 7) is -2.43. The lowest BCUT2D eigenvalue weighted by molar-refractivity contribution is -0.123. The van der Waals surface area contributed by atoms with Crippen LogP contribution >= 0.6 is 0 Å². The average Bonchev–Trinajstić information content (AvgIpc) is 2.97. The molecule has 1 aliphatic heterocycles. The van der Waals surface area contributed by atoms with E-state index in [1.54, 1.807) is 12.1 Å². The molecule has 126 valence electrons. The van der Waals surface area contributed by atoms with Gasteiger partial charge < -0.3 is 15.4 Å². The number of alkyl halides is 2.